The van der Waals surface area contributed by atoms with Crippen molar-refractivity contribution in [3.8, 4) is 0 Å². The van der Waals surface area contributed by atoms with E-state index < -0.39 is 24.1 Å². The molecule has 0 bridgehead atoms. The molecule has 3 rings (SSSR count). The molecular formula is C26H30BrF2NO5. The van der Waals surface area contributed by atoms with Gasteiger partial charge in [0.25, 0.3) is 5.92 Å². The fourth-order valence-electron chi connectivity index (χ4n) is 4.00. The smallest absolute Gasteiger partial charge is 0.410 e. The molecule has 2 aromatic rings. The molecule has 1 aliphatic rings. The summed E-state index contributed by atoms with van der Waals surface area (Å²) in [7, 11) is 0. The van der Waals surface area contributed by atoms with Gasteiger partial charge in [0.2, 0.25) is 0 Å². The van der Waals surface area contributed by atoms with Gasteiger partial charge in [-0.05, 0) is 62.9 Å². The van der Waals surface area contributed by atoms with E-state index in [2.05, 4.69) is 15.9 Å². The number of nitrogens with zero attached hydrogens (tertiary/aromatic N) is 1. The summed E-state index contributed by atoms with van der Waals surface area (Å²) in [6.07, 6.45) is -1.53. The van der Waals surface area contributed by atoms with E-state index in [4.69, 9.17) is 9.47 Å². The molecule has 1 aliphatic heterocycles. The first-order chi connectivity index (χ1) is 16.6. The van der Waals surface area contributed by atoms with Crippen LogP contribution in [0, 0.1) is 0 Å². The Morgan fingerprint density at radius 3 is 2.63 bits per heavy atom. The van der Waals surface area contributed by atoms with Gasteiger partial charge in [0.1, 0.15) is 6.10 Å². The van der Waals surface area contributed by atoms with Crippen LogP contribution in [0.3, 0.4) is 0 Å². The summed E-state index contributed by atoms with van der Waals surface area (Å²) in [5.74, 6) is -3.81. The minimum atomic E-state index is -3.41. The maximum absolute atomic E-state index is 14.8. The third kappa shape index (κ3) is 7.24. The van der Waals surface area contributed by atoms with Crippen LogP contribution in [-0.4, -0.2) is 53.5 Å². The van der Waals surface area contributed by atoms with E-state index in [1.165, 1.54) is 23.1 Å². The van der Waals surface area contributed by atoms with Gasteiger partial charge in [0, 0.05) is 29.0 Å². The van der Waals surface area contributed by atoms with Crippen molar-refractivity contribution < 1.29 is 33.0 Å². The molecule has 0 saturated carbocycles. The fraction of sp³-hybridized carbons (Fsp3) is 0.462. The minimum Gasteiger partial charge on any atom is -0.459 e. The lowest BCUT2D eigenvalue weighted by molar-refractivity contribution is -0.120. The molecule has 1 unspecified atom stereocenters. The van der Waals surface area contributed by atoms with Crippen LogP contribution in [0.2, 0.25) is 0 Å². The average molecular weight is 554 g/mol. The topological polar surface area (TPSA) is 76.1 Å². The molecule has 1 saturated heterocycles. The summed E-state index contributed by atoms with van der Waals surface area (Å²) >= 11 is 3.18. The Morgan fingerprint density at radius 2 is 1.97 bits per heavy atom. The number of carbonyl (C=O) groups excluding carboxylic acids is 2. The van der Waals surface area contributed by atoms with Crippen molar-refractivity contribution in [3.05, 3.63) is 69.7 Å². The number of hydrogen-bond acceptors (Lipinski definition) is 5. The number of ether oxygens (including phenoxy) is 2. The first-order valence-electron chi connectivity index (χ1n) is 11.6. The number of benzene rings is 2. The Labute approximate surface area is 212 Å². The van der Waals surface area contributed by atoms with Crippen molar-refractivity contribution in [1.82, 2.24) is 4.90 Å². The monoisotopic (exact) mass is 553 g/mol. The molecule has 0 aromatic heterocycles. The molecule has 1 heterocycles. The van der Waals surface area contributed by atoms with Gasteiger partial charge in [0.05, 0.1) is 18.3 Å². The number of cyclic esters (lactones) is 1. The standard InChI is InChI=1S/C26H30BrF2NO5/c1-17(2)35-24(32)19-8-6-18(7-9-19)12-14-30-22(13-15-34-25(30)33)10-11-23(31)26(28,29)20-4-3-5-21(27)16-20/h3-9,16-17,22-23,31H,10-15H2,1-2H3/t22?,23-/m1/s1. The van der Waals surface area contributed by atoms with E-state index in [0.717, 1.165) is 5.56 Å². The Balaban J connectivity index is 1.59. The summed E-state index contributed by atoms with van der Waals surface area (Å²) in [5, 5.41) is 10.3. The summed E-state index contributed by atoms with van der Waals surface area (Å²) in [4.78, 5) is 25.9. The van der Waals surface area contributed by atoms with Gasteiger partial charge in [-0.3, -0.25) is 0 Å². The van der Waals surface area contributed by atoms with Crippen LogP contribution in [0.5, 0.6) is 0 Å². The highest BCUT2D eigenvalue weighted by Gasteiger charge is 2.41. The van der Waals surface area contributed by atoms with E-state index >= 15 is 0 Å². The second kappa shape index (κ2) is 11.9. The van der Waals surface area contributed by atoms with E-state index in [-0.39, 0.29) is 37.2 Å². The predicted octanol–water partition coefficient (Wildman–Crippen LogP) is 5.70. The Morgan fingerprint density at radius 1 is 1.26 bits per heavy atom. The van der Waals surface area contributed by atoms with Crippen LogP contribution in [0.15, 0.2) is 53.0 Å². The summed E-state index contributed by atoms with van der Waals surface area (Å²) in [5.41, 5.74) is 1.09. The molecule has 35 heavy (non-hydrogen) atoms. The van der Waals surface area contributed by atoms with E-state index in [9.17, 15) is 23.5 Å². The first kappa shape index (κ1) is 27.1. The molecule has 2 atom stereocenters. The number of rotatable bonds is 10. The fourth-order valence-corrected chi connectivity index (χ4v) is 4.40. The Kier molecular flexibility index (Phi) is 9.24. The molecule has 0 spiro atoms. The van der Waals surface area contributed by atoms with Crippen molar-refractivity contribution in [1.29, 1.82) is 0 Å². The number of carbonyl (C=O) groups is 2. The number of aliphatic hydroxyl groups is 1. The summed E-state index contributed by atoms with van der Waals surface area (Å²) in [6.45, 7) is 4.10. The largest absolute Gasteiger partial charge is 0.459 e. The van der Waals surface area contributed by atoms with Crippen molar-refractivity contribution in [3.63, 3.8) is 0 Å². The minimum absolute atomic E-state index is 0.166. The SMILES string of the molecule is CC(C)OC(=O)c1ccc(CCN2C(=O)OCCC2CC[C@@H](O)C(F)(F)c2cccc(Br)c2)cc1. The van der Waals surface area contributed by atoms with Crippen molar-refractivity contribution in [2.24, 2.45) is 0 Å². The normalized spacial score (nSPS) is 17.3. The van der Waals surface area contributed by atoms with Crippen LogP contribution in [0.1, 0.15) is 54.6 Å². The van der Waals surface area contributed by atoms with Crippen LogP contribution in [-0.2, 0) is 21.8 Å². The number of aliphatic hydroxyl groups excluding tert-OH is 1. The lowest BCUT2D eigenvalue weighted by Crippen LogP contribution is -2.47. The van der Waals surface area contributed by atoms with E-state index in [1.807, 2.05) is 0 Å². The highest BCUT2D eigenvalue weighted by Crippen LogP contribution is 2.35. The lowest BCUT2D eigenvalue weighted by Gasteiger charge is -2.36. The molecular weight excluding hydrogens is 524 g/mol. The highest BCUT2D eigenvalue weighted by atomic mass is 79.9. The maximum atomic E-state index is 14.8. The van der Waals surface area contributed by atoms with Crippen molar-refractivity contribution in [2.45, 2.75) is 63.7 Å². The second-order valence-electron chi connectivity index (χ2n) is 8.88. The number of halogens is 3. The number of amides is 1. The molecule has 0 radical (unpaired) electrons. The zero-order valence-electron chi connectivity index (χ0n) is 19.8. The quantitative estimate of drug-likeness (QED) is 0.382. The van der Waals surface area contributed by atoms with Crippen LogP contribution >= 0.6 is 15.9 Å². The van der Waals surface area contributed by atoms with Crippen LogP contribution in [0.4, 0.5) is 13.6 Å². The zero-order valence-corrected chi connectivity index (χ0v) is 21.3. The zero-order chi connectivity index (χ0) is 25.6. The maximum Gasteiger partial charge on any atom is 0.410 e. The number of alkyl halides is 2. The van der Waals surface area contributed by atoms with Crippen LogP contribution < -0.4 is 0 Å². The van der Waals surface area contributed by atoms with Gasteiger partial charge in [-0.15, -0.1) is 0 Å². The van der Waals surface area contributed by atoms with Gasteiger partial charge >= 0.3 is 12.1 Å². The number of hydrogen-bond donors (Lipinski definition) is 1. The number of esters is 1. The molecule has 0 aliphatic carbocycles. The van der Waals surface area contributed by atoms with Gasteiger partial charge in [-0.1, -0.05) is 40.2 Å². The molecule has 9 heteroatoms. The predicted molar refractivity (Wildman–Crippen MR) is 130 cm³/mol. The Hall–Kier alpha value is -2.52. The van der Waals surface area contributed by atoms with Gasteiger partial charge in [-0.2, -0.15) is 8.78 Å². The van der Waals surface area contributed by atoms with Gasteiger partial charge in [-0.25, -0.2) is 9.59 Å². The van der Waals surface area contributed by atoms with Crippen molar-refractivity contribution in [2.75, 3.05) is 13.2 Å². The van der Waals surface area contributed by atoms with E-state index in [0.29, 0.717) is 29.4 Å². The van der Waals surface area contributed by atoms with Gasteiger partial charge in [0.15, 0.2) is 0 Å². The Bertz CT molecular complexity index is 1020. The first-order valence-corrected chi connectivity index (χ1v) is 12.4. The molecule has 2 aromatic carbocycles. The molecule has 1 fully saturated rings. The molecule has 1 amide bonds. The highest BCUT2D eigenvalue weighted by molar-refractivity contribution is 9.10. The average Bonchev–Trinajstić information content (AvgIpc) is 2.81. The third-order valence-corrected chi connectivity index (χ3v) is 6.42. The molecule has 6 nitrogen and oxygen atoms in total. The second-order valence-corrected chi connectivity index (χ2v) is 9.79. The van der Waals surface area contributed by atoms with Crippen molar-refractivity contribution >= 4 is 28.0 Å². The summed E-state index contributed by atoms with van der Waals surface area (Å²) < 4.78 is 40.4. The lowest BCUT2D eigenvalue weighted by atomic mass is 9.96. The third-order valence-electron chi connectivity index (χ3n) is 5.93. The molecule has 1 N–H and O–H groups in total. The van der Waals surface area contributed by atoms with Crippen LogP contribution in [0.25, 0.3) is 0 Å². The molecule has 190 valence electrons. The van der Waals surface area contributed by atoms with E-state index in [1.54, 1.807) is 44.2 Å². The van der Waals surface area contributed by atoms with Gasteiger partial charge < -0.3 is 19.5 Å². The summed E-state index contributed by atoms with van der Waals surface area (Å²) in [6, 6.07) is 12.3.